The van der Waals surface area contributed by atoms with Gasteiger partial charge in [-0.3, -0.25) is 4.79 Å². The van der Waals surface area contributed by atoms with Crippen molar-refractivity contribution in [2.75, 3.05) is 33.2 Å². The number of carbonyl (C=O) groups excluding carboxylic acids is 1. The average molecular weight is 269 g/mol. The summed E-state index contributed by atoms with van der Waals surface area (Å²) >= 11 is 0. The predicted octanol–water partition coefficient (Wildman–Crippen LogP) is 1.55. The Labute approximate surface area is 118 Å². The van der Waals surface area contributed by atoms with Crippen LogP contribution in [0.15, 0.2) is 0 Å². The van der Waals surface area contributed by atoms with Crippen molar-refractivity contribution in [2.45, 2.75) is 46.1 Å². The van der Waals surface area contributed by atoms with Crippen LogP contribution in [0.2, 0.25) is 0 Å². The SMILES string of the molecule is CC(CCN)C(=O)N1CCC(CN(C)C(C)C)CC1. The molecule has 1 rings (SSSR count). The van der Waals surface area contributed by atoms with Crippen molar-refractivity contribution in [3.63, 3.8) is 0 Å². The highest BCUT2D eigenvalue weighted by molar-refractivity contribution is 5.78. The number of hydrogen-bond acceptors (Lipinski definition) is 3. The molecular weight excluding hydrogens is 238 g/mol. The highest BCUT2D eigenvalue weighted by Crippen LogP contribution is 2.20. The molecule has 1 aliphatic rings. The molecule has 1 atom stereocenters. The number of hydrogen-bond donors (Lipinski definition) is 1. The van der Waals surface area contributed by atoms with E-state index in [9.17, 15) is 4.79 Å². The molecule has 0 bridgehead atoms. The van der Waals surface area contributed by atoms with E-state index in [0.29, 0.717) is 18.5 Å². The van der Waals surface area contributed by atoms with E-state index in [1.165, 1.54) is 0 Å². The zero-order valence-corrected chi connectivity index (χ0v) is 13.1. The minimum Gasteiger partial charge on any atom is -0.342 e. The fourth-order valence-electron chi connectivity index (χ4n) is 2.64. The molecule has 4 heteroatoms. The smallest absolute Gasteiger partial charge is 0.225 e. The first-order valence-corrected chi connectivity index (χ1v) is 7.64. The van der Waals surface area contributed by atoms with E-state index < -0.39 is 0 Å². The molecule has 19 heavy (non-hydrogen) atoms. The topological polar surface area (TPSA) is 49.6 Å². The van der Waals surface area contributed by atoms with Gasteiger partial charge in [0, 0.05) is 31.6 Å². The molecule has 112 valence electrons. The zero-order chi connectivity index (χ0) is 14.4. The van der Waals surface area contributed by atoms with Gasteiger partial charge in [-0.25, -0.2) is 0 Å². The lowest BCUT2D eigenvalue weighted by atomic mass is 9.94. The Hall–Kier alpha value is -0.610. The lowest BCUT2D eigenvalue weighted by Gasteiger charge is -2.36. The van der Waals surface area contributed by atoms with Crippen LogP contribution in [0.4, 0.5) is 0 Å². The summed E-state index contributed by atoms with van der Waals surface area (Å²) in [5, 5.41) is 0. The second-order valence-electron chi connectivity index (χ2n) is 6.28. The van der Waals surface area contributed by atoms with E-state index in [0.717, 1.165) is 44.8 Å². The van der Waals surface area contributed by atoms with E-state index in [1.807, 2.05) is 11.8 Å². The molecule has 1 saturated heterocycles. The second kappa shape index (κ2) is 7.85. The molecule has 4 nitrogen and oxygen atoms in total. The molecule has 0 aromatic heterocycles. The van der Waals surface area contributed by atoms with E-state index in [4.69, 9.17) is 5.73 Å². The van der Waals surface area contributed by atoms with Gasteiger partial charge in [0.05, 0.1) is 0 Å². The molecule has 2 N–H and O–H groups in total. The number of amides is 1. The highest BCUT2D eigenvalue weighted by Gasteiger charge is 2.26. The number of piperidine rings is 1. The Balaban J connectivity index is 2.34. The molecule has 1 amide bonds. The standard InChI is InChI=1S/C15H31N3O/c1-12(2)17(4)11-14-6-9-18(10-7-14)15(19)13(3)5-8-16/h12-14H,5-11,16H2,1-4H3. The molecule has 1 heterocycles. The van der Waals surface area contributed by atoms with Gasteiger partial charge in [-0.2, -0.15) is 0 Å². The van der Waals surface area contributed by atoms with Crippen LogP contribution in [-0.4, -0.2) is 55.0 Å². The first kappa shape index (κ1) is 16.4. The molecule has 0 aliphatic carbocycles. The van der Waals surface area contributed by atoms with Crippen LogP contribution in [0, 0.1) is 11.8 Å². The van der Waals surface area contributed by atoms with E-state index in [2.05, 4.69) is 25.8 Å². The van der Waals surface area contributed by atoms with Gasteiger partial charge in [0.15, 0.2) is 0 Å². The van der Waals surface area contributed by atoms with Gasteiger partial charge in [0.2, 0.25) is 5.91 Å². The van der Waals surface area contributed by atoms with Crippen molar-refractivity contribution in [1.29, 1.82) is 0 Å². The number of carbonyl (C=O) groups is 1. The van der Waals surface area contributed by atoms with Crippen molar-refractivity contribution in [1.82, 2.24) is 9.80 Å². The van der Waals surface area contributed by atoms with Gasteiger partial charge in [-0.1, -0.05) is 6.92 Å². The third kappa shape index (κ3) is 5.11. The first-order chi connectivity index (χ1) is 8.95. The van der Waals surface area contributed by atoms with Crippen LogP contribution in [0.25, 0.3) is 0 Å². The second-order valence-corrected chi connectivity index (χ2v) is 6.28. The number of nitrogens with zero attached hydrogens (tertiary/aromatic N) is 2. The Morgan fingerprint density at radius 1 is 1.32 bits per heavy atom. The normalized spacial score (nSPS) is 19.2. The largest absolute Gasteiger partial charge is 0.342 e. The Kier molecular flexibility index (Phi) is 6.80. The molecular formula is C15H31N3O. The fourth-order valence-corrected chi connectivity index (χ4v) is 2.64. The van der Waals surface area contributed by atoms with E-state index >= 15 is 0 Å². The van der Waals surface area contributed by atoms with Gasteiger partial charge in [-0.15, -0.1) is 0 Å². The van der Waals surface area contributed by atoms with Crippen molar-refractivity contribution in [3.05, 3.63) is 0 Å². The molecule has 0 aromatic carbocycles. The van der Waals surface area contributed by atoms with Crippen molar-refractivity contribution in [3.8, 4) is 0 Å². The van der Waals surface area contributed by atoms with Crippen LogP contribution >= 0.6 is 0 Å². The first-order valence-electron chi connectivity index (χ1n) is 7.64. The monoisotopic (exact) mass is 269 g/mol. The fraction of sp³-hybridized carbons (Fsp3) is 0.933. The third-order valence-electron chi connectivity index (χ3n) is 4.38. The maximum absolute atomic E-state index is 12.2. The van der Waals surface area contributed by atoms with Gasteiger partial charge in [0.25, 0.3) is 0 Å². The number of nitrogens with two attached hydrogens (primary N) is 1. The summed E-state index contributed by atoms with van der Waals surface area (Å²) in [5.41, 5.74) is 5.53. The lowest BCUT2D eigenvalue weighted by Crippen LogP contribution is -2.44. The van der Waals surface area contributed by atoms with Gasteiger partial charge in [-0.05, 0) is 52.6 Å². The van der Waals surface area contributed by atoms with Crippen LogP contribution < -0.4 is 5.73 Å². The van der Waals surface area contributed by atoms with E-state index in [1.54, 1.807) is 0 Å². The number of likely N-dealkylation sites (tertiary alicyclic amines) is 1. The minimum atomic E-state index is 0.0832. The molecule has 1 unspecified atom stereocenters. The summed E-state index contributed by atoms with van der Waals surface area (Å²) in [5.74, 6) is 1.11. The number of rotatable bonds is 6. The van der Waals surface area contributed by atoms with Gasteiger partial charge in [0.1, 0.15) is 0 Å². The quantitative estimate of drug-likeness (QED) is 0.796. The Bertz CT molecular complexity index is 273. The van der Waals surface area contributed by atoms with Crippen LogP contribution in [-0.2, 0) is 4.79 Å². The van der Waals surface area contributed by atoms with E-state index in [-0.39, 0.29) is 5.92 Å². The van der Waals surface area contributed by atoms with Crippen LogP contribution in [0.3, 0.4) is 0 Å². The van der Waals surface area contributed by atoms with Crippen molar-refractivity contribution in [2.24, 2.45) is 17.6 Å². The van der Waals surface area contributed by atoms with Gasteiger partial charge >= 0.3 is 0 Å². The summed E-state index contributed by atoms with van der Waals surface area (Å²) < 4.78 is 0. The summed E-state index contributed by atoms with van der Waals surface area (Å²) in [4.78, 5) is 16.6. The third-order valence-corrected chi connectivity index (χ3v) is 4.38. The van der Waals surface area contributed by atoms with Crippen LogP contribution in [0.1, 0.15) is 40.0 Å². The minimum absolute atomic E-state index is 0.0832. The molecule has 1 fully saturated rings. The Morgan fingerprint density at radius 2 is 1.89 bits per heavy atom. The van der Waals surface area contributed by atoms with Crippen molar-refractivity contribution < 1.29 is 4.79 Å². The van der Waals surface area contributed by atoms with Gasteiger partial charge < -0.3 is 15.5 Å². The molecule has 0 spiro atoms. The Morgan fingerprint density at radius 3 is 2.37 bits per heavy atom. The predicted molar refractivity (Wildman–Crippen MR) is 79.9 cm³/mol. The maximum atomic E-state index is 12.2. The molecule has 1 aliphatic heterocycles. The summed E-state index contributed by atoms with van der Waals surface area (Å²) in [6.07, 6.45) is 3.07. The maximum Gasteiger partial charge on any atom is 0.225 e. The summed E-state index contributed by atoms with van der Waals surface area (Å²) in [6, 6.07) is 0.601. The molecule has 0 aromatic rings. The van der Waals surface area contributed by atoms with Crippen LogP contribution in [0.5, 0.6) is 0 Å². The summed E-state index contributed by atoms with van der Waals surface area (Å²) in [6.45, 7) is 10.0. The molecule has 0 radical (unpaired) electrons. The summed E-state index contributed by atoms with van der Waals surface area (Å²) in [7, 11) is 2.19. The zero-order valence-electron chi connectivity index (χ0n) is 13.1. The van der Waals surface area contributed by atoms with Crippen molar-refractivity contribution >= 4 is 5.91 Å². The molecule has 0 saturated carbocycles. The lowest BCUT2D eigenvalue weighted by molar-refractivity contribution is -0.136. The highest BCUT2D eigenvalue weighted by atomic mass is 16.2. The average Bonchev–Trinajstić information content (AvgIpc) is 2.39.